The van der Waals surface area contributed by atoms with E-state index in [4.69, 9.17) is 11.6 Å². The van der Waals surface area contributed by atoms with E-state index in [1.54, 1.807) is 0 Å². The molecule has 0 unspecified atom stereocenters. The molecule has 0 saturated carbocycles. The summed E-state index contributed by atoms with van der Waals surface area (Å²) in [6.45, 7) is 4.19. The van der Waals surface area contributed by atoms with E-state index in [0.29, 0.717) is 18.1 Å². The molecule has 5 rings (SSSR count). The zero-order valence-electron chi connectivity index (χ0n) is 20.8. The fourth-order valence-corrected chi connectivity index (χ4v) is 7.45. The summed E-state index contributed by atoms with van der Waals surface area (Å²) in [5.74, 6) is -1.82. The maximum absolute atomic E-state index is 13.9. The quantitative estimate of drug-likeness (QED) is 0.348. The van der Waals surface area contributed by atoms with E-state index in [1.165, 1.54) is 18.4 Å². The smallest absolute Gasteiger partial charge is 0.154 e. The maximum atomic E-state index is 13.9. The Kier molecular flexibility index (Phi) is 7.68. The monoisotopic (exact) mass is 544 g/mol. The van der Waals surface area contributed by atoms with Crippen molar-refractivity contribution in [1.29, 1.82) is 0 Å². The van der Waals surface area contributed by atoms with Gasteiger partial charge in [0.15, 0.2) is 9.84 Å². The number of benzene rings is 3. The lowest BCUT2D eigenvalue weighted by Gasteiger charge is -2.47. The van der Waals surface area contributed by atoms with Crippen molar-refractivity contribution in [3.8, 4) is 0 Å². The third-order valence-electron chi connectivity index (χ3n) is 7.49. The molecule has 0 amide bonds. The Morgan fingerprint density at radius 1 is 0.865 bits per heavy atom. The minimum absolute atomic E-state index is 0.0844. The minimum Gasteiger partial charge on any atom is -0.299 e. The average molecular weight is 545 g/mol. The highest BCUT2D eigenvalue weighted by Gasteiger charge is 2.43. The molecule has 2 fully saturated rings. The van der Waals surface area contributed by atoms with Crippen molar-refractivity contribution < 1.29 is 17.2 Å². The van der Waals surface area contributed by atoms with Crippen molar-refractivity contribution in [3.63, 3.8) is 0 Å². The number of sulfone groups is 1. The largest absolute Gasteiger partial charge is 0.299 e. The first-order chi connectivity index (χ1) is 17.7. The van der Waals surface area contributed by atoms with E-state index < -0.39 is 26.7 Å². The average Bonchev–Trinajstić information content (AvgIpc) is 3.31. The third kappa shape index (κ3) is 6.06. The van der Waals surface area contributed by atoms with Crippen LogP contribution in [-0.2, 0) is 16.4 Å². The molecule has 2 saturated heterocycles. The minimum atomic E-state index is -3.59. The summed E-state index contributed by atoms with van der Waals surface area (Å²) in [7, 11) is -3.59. The molecule has 0 spiro atoms. The fraction of sp³-hybridized carbons (Fsp3) is 0.379. The van der Waals surface area contributed by atoms with Gasteiger partial charge in [-0.25, -0.2) is 17.2 Å². The molecular formula is C29H31ClF2N2O2S. The summed E-state index contributed by atoms with van der Waals surface area (Å²) in [5.41, 5.74) is 3.60. The molecule has 3 aromatic carbocycles. The van der Waals surface area contributed by atoms with Crippen molar-refractivity contribution >= 4 is 21.4 Å². The molecule has 2 heterocycles. The molecule has 37 heavy (non-hydrogen) atoms. The molecule has 8 heteroatoms. The number of nitrogens with zero attached hydrogens (tertiary/aromatic N) is 2. The summed E-state index contributed by atoms with van der Waals surface area (Å²) in [6.07, 6.45) is 3.64. The second-order valence-corrected chi connectivity index (χ2v) is 12.9. The number of hydrogen-bond donors (Lipinski definition) is 0. The van der Waals surface area contributed by atoms with Gasteiger partial charge < -0.3 is 0 Å². The van der Waals surface area contributed by atoms with Gasteiger partial charge in [-0.15, -0.1) is 0 Å². The van der Waals surface area contributed by atoms with E-state index >= 15 is 0 Å². The van der Waals surface area contributed by atoms with E-state index in [-0.39, 0.29) is 17.5 Å². The molecule has 2 atom stereocenters. The normalized spacial score (nSPS) is 19.0. The highest BCUT2D eigenvalue weighted by molar-refractivity contribution is 7.90. The molecule has 3 aromatic rings. The Morgan fingerprint density at radius 2 is 1.41 bits per heavy atom. The van der Waals surface area contributed by atoms with Crippen LogP contribution in [0.15, 0.2) is 66.7 Å². The van der Waals surface area contributed by atoms with Crippen molar-refractivity contribution in [2.24, 2.45) is 5.92 Å². The van der Waals surface area contributed by atoms with Crippen molar-refractivity contribution in [2.45, 2.75) is 30.7 Å². The Hall–Kier alpha value is -2.32. The van der Waals surface area contributed by atoms with E-state index in [1.807, 2.05) is 24.3 Å². The number of halogens is 3. The second kappa shape index (κ2) is 10.8. The van der Waals surface area contributed by atoms with E-state index in [0.717, 1.165) is 55.2 Å². The maximum Gasteiger partial charge on any atom is 0.154 e. The van der Waals surface area contributed by atoms with Gasteiger partial charge in [-0.05, 0) is 72.5 Å². The van der Waals surface area contributed by atoms with E-state index in [9.17, 15) is 17.2 Å². The van der Waals surface area contributed by atoms with Crippen molar-refractivity contribution in [1.82, 2.24) is 9.80 Å². The van der Waals surface area contributed by atoms with Gasteiger partial charge in [-0.2, -0.15) is 0 Å². The van der Waals surface area contributed by atoms with Gasteiger partial charge in [-0.1, -0.05) is 48.0 Å². The number of hydrogen-bond acceptors (Lipinski definition) is 4. The van der Waals surface area contributed by atoms with Crippen LogP contribution in [0.1, 0.15) is 46.4 Å². The van der Waals surface area contributed by atoms with Crippen LogP contribution in [-0.4, -0.2) is 50.7 Å². The Morgan fingerprint density at radius 3 is 1.95 bits per heavy atom. The molecule has 0 N–H and O–H groups in total. The summed E-state index contributed by atoms with van der Waals surface area (Å²) in [6, 6.07) is 19.3. The lowest BCUT2D eigenvalue weighted by Crippen LogP contribution is -2.52. The van der Waals surface area contributed by atoms with Crippen LogP contribution in [0, 0.1) is 17.6 Å². The SMILES string of the molecule is CS(=O)(=O)[C@H](c1cc(F)cc(F)c1)C1CN([C@@H](c2ccc(Cl)cc2)c2ccc(CN3CCCC3)cc2)C1. The predicted octanol–water partition coefficient (Wildman–Crippen LogP) is 6.02. The summed E-state index contributed by atoms with van der Waals surface area (Å²) >= 11 is 6.15. The fourth-order valence-electron chi connectivity index (χ4n) is 5.82. The van der Waals surface area contributed by atoms with Gasteiger partial charge in [-0.3, -0.25) is 9.80 Å². The molecule has 2 aliphatic rings. The van der Waals surface area contributed by atoms with Crippen LogP contribution >= 0.6 is 11.6 Å². The zero-order chi connectivity index (χ0) is 26.2. The highest BCUT2D eigenvalue weighted by Crippen LogP contribution is 2.42. The van der Waals surface area contributed by atoms with Crippen LogP contribution in [0.2, 0.25) is 5.02 Å². The van der Waals surface area contributed by atoms with Gasteiger partial charge in [0, 0.05) is 42.9 Å². The lowest BCUT2D eigenvalue weighted by atomic mass is 9.86. The Bertz CT molecular complexity index is 1320. The summed E-state index contributed by atoms with van der Waals surface area (Å²) < 4.78 is 53.4. The molecule has 0 aliphatic carbocycles. The number of likely N-dealkylation sites (tertiary alicyclic amines) is 2. The second-order valence-electron chi connectivity index (χ2n) is 10.3. The predicted molar refractivity (Wildman–Crippen MR) is 143 cm³/mol. The van der Waals surface area contributed by atoms with Gasteiger partial charge in [0.05, 0.1) is 11.3 Å². The van der Waals surface area contributed by atoms with Gasteiger partial charge in [0.2, 0.25) is 0 Å². The molecule has 2 aliphatic heterocycles. The summed E-state index contributed by atoms with van der Waals surface area (Å²) in [5, 5.41) is -0.321. The van der Waals surface area contributed by atoms with Gasteiger partial charge in [0.25, 0.3) is 0 Å². The van der Waals surface area contributed by atoms with Crippen LogP contribution in [0.25, 0.3) is 0 Å². The highest BCUT2D eigenvalue weighted by atomic mass is 35.5. The first kappa shape index (κ1) is 26.3. The van der Waals surface area contributed by atoms with Crippen molar-refractivity contribution in [3.05, 3.63) is 106 Å². The molecule has 0 bridgehead atoms. The standard InChI is InChI=1S/C29H31ClF2N2O2S/c1-37(35,36)29(23-14-26(31)16-27(32)15-23)24-18-34(19-24)28(22-8-10-25(30)11-9-22)21-6-4-20(5-7-21)17-33-12-2-3-13-33/h4-11,14-16,24,28-29H,2-3,12-13,17-19H2,1H3/t28-,29-/m1/s1. The Labute approximate surface area is 222 Å². The van der Waals surface area contributed by atoms with Crippen LogP contribution in [0.3, 0.4) is 0 Å². The lowest BCUT2D eigenvalue weighted by molar-refractivity contribution is 0.0654. The molecule has 0 radical (unpaired) electrons. The van der Waals surface area contributed by atoms with Crippen LogP contribution < -0.4 is 0 Å². The first-order valence-corrected chi connectivity index (χ1v) is 15.0. The number of rotatable bonds is 8. The molecule has 196 valence electrons. The van der Waals surface area contributed by atoms with Gasteiger partial charge in [0.1, 0.15) is 11.6 Å². The van der Waals surface area contributed by atoms with Crippen LogP contribution in [0.5, 0.6) is 0 Å². The topological polar surface area (TPSA) is 40.6 Å². The molecule has 0 aromatic heterocycles. The van der Waals surface area contributed by atoms with E-state index in [2.05, 4.69) is 34.1 Å². The van der Waals surface area contributed by atoms with Crippen LogP contribution in [0.4, 0.5) is 8.78 Å². The van der Waals surface area contributed by atoms with Gasteiger partial charge >= 0.3 is 0 Å². The Balaban J connectivity index is 1.40. The molecular weight excluding hydrogens is 514 g/mol. The van der Waals surface area contributed by atoms with Crippen molar-refractivity contribution in [2.75, 3.05) is 32.4 Å². The molecule has 4 nitrogen and oxygen atoms in total. The zero-order valence-corrected chi connectivity index (χ0v) is 22.4. The first-order valence-electron chi connectivity index (χ1n) is 12.6. The summed E-state index contributed by atoms with van der Waals surface area (Å²) in [4.78, 5) is 4.68. The third-order valence-corrected chi connectivity index (χ3v) is 9.32.